The number of nitriles is 1. The molecule has 184 valence electrons. The molecule has 4 rings (SSSR count). The molecule has 3 N–H and O–H groups in total. The summed E-state index contributed by atoms with van der Waals surface area (Å²) in [5.41, 5.74) is 2.85. The molecule has 0 fully saturated rings. The number of nitrogens with one attached hydrogen (secondary N) is 3. The van der Waals surface area contributed by atoms with Crippen LogP contribution in [0, 0.1) is 11.3 Å². The van der Waals surface area contributed by atoms with E-state index >= 15 is 0 Å². The first-order chi connectivity index (χ1) is 18.0. The van der Waals surface area contributed by atoms with E-state index in [4.69, 9.17) is 14.4 Å². The summed E-state index contributed by atoms with van der Waals surface area (Å²) in [6.45, 7) is 0.183. The molecule has 37 heavy (non-hydrogen) atoms. The largest absolute Gasteiger partial charge is 0.496 e. The van der Waals surface area contributed by atoms with Gasteiger partial charge >= 0.3 is 11.8 Å². The molecule has 0 aliphatic carbocycles. The van der Waals surface area contributed by atoms with Gasteiger partial charge in [0.25, 0.3) is 5.91 Å². The molecular formula is C27H21N5O5. The molecule has 10 nitrogen and oxygen atoms in total. The lowest BCUT2D eigenvalue weighted by atomic mass is 10.1. The maximum atomic E-state index is 12.5. The molecule has 0 radical (unpaired) electrons. The van der Waals surface area contributed by atoms with Gasteiger partial charge in [0.2, 0.25) is 0 Å². The number of carbonyl (C=O) groups is 3. The van der Waals surface area contributed by atoms with E-state index in [0.29, 0.717) is 45.1 Å². The first-order valence-electron chi connectivity index (χ1n) is 11.0. The van der Waals surface area contributed by atoms with Crippen molar-refractivity contribution in [2.45, 2.75) is 6.54 Å². The van der Waals surface area contributed by atoms with Crippen LogP contribution in [0.25, 0.3) is 11.3 Å². The highest BCUT2D eigenvalue weighted by Crippen LogP contribution is 2.32. The third-order valence-corrected chi connectivity index (χ3v) is 5.26. The fourth-order valence-corrected chi connectivity index (χ4v) is 3.47. The number of hydrogen-bond acceptors (Lipinski definition) is 7. The highest BCUT2D eigenvalue weighted by Gasteiger charge is 2.16. The van der Waals surface area contributed by atoms with Crippen LogP contribution in [0.2, 0.25) is 0 Å². The van der Waals surface area contributed by atoms with Gasteiger partial charge in [0.1, 0.15) is 5.75 Å². The molecule has 0 bridgehead atoms. The minimum atomic E-state index is -0.870. The Morgan fingerprint density at radius 3 is 2.43 bits per heavy atom. The van der Waals surface area contributed by atoms with E-state index in [2.05, 4.69) is 20.9 Å². The first kappa shape index (κ1) is 24.7. The molecule has 0 saturated heterocycles. The number of benzene rings is 3. The molecule has 0 unspecified atom stereocenters. The molecule has 1 heterocycles. The smallest absolute Gasteiger partial charge is 0.314 e. The lowest BCUT2D eigenvalue weighted by molar-refractivity contribution is -0.132. The SMILES string of the molecule is COc1cc(NC(=O)C(=O)Nc2cccc(CNC(=O)c3cccc(C#N)c3)c2)ccc1-c1cnco1. The summed E-state index contributed by atoms with van der Waals surface area (Å²) in [4.78, 5) is 41.2. The number of hydrogen-bond donors (Lipinski definition) is 3. The van der Waals surface area contributed by atoms with Gasteiger partial charge in [0.15, 0.2) is 12.2 Å². The van der Waals surface area contributed by atoms with Crippen LogP contribution in [0.3, 0.4) is 0 Å². The summed E-state index contributed by atoms with van der Waals surface area (Å²) in [5, 5.41) is 16.8. The highest BCUT2D eigenvalue weighted by atomic mass is 16.5. The fourth-order valence-electron chi connectivity index (χ4n) is 3.47. The molecule has 0 saturated carbocycles. The lowest BCUT2D eigenvalue weighted by Crippen LogP contribution is -2.29. The third-order valence-electron chi connectivity index (χ3n) is 5.26. The van der Waals surface area contributed by atoms with Crippen LogP contribution in [0.1, 0.15) is 21.5 Å². The number of ether oxygens (including phenoxy) is 1. The Bertz CT molecular complexity index is 1490. The maximum Gasteiger partial charge on any atom is 0.314 e. The zero-order valence-electron chi connectivity index (χ0n) is 19.6. The number of aromatic nitrogens is 1. The van der Waals surface area contributed by atoms with Crippen molar-refractivity contribution in [3.05, 3.63) is 96.0 Å². The molecule has 4 aromatic rings. The van der Waals surface area contributed by atoms with Crippen LogP contribution in [0.4, 0.5) is 11.4 Å². The van der Waals surface area contributed by atoms with Crippen LogP contribution in [-0.2, 0) is 16.1 Å². The molecule has 3 aromatic carbocycles. The first-order valence-corrected chi connectivity index (χ1v) is 11.0. The van der Waals surface area contributed by atoms with Gasteiger partial charge in [-0.1, -0.05) is 18.2 Å². The Hall–Kier alpha value is -5.43. The van der Waals surface area contributed by atoms with Crippen molar-refractivity contribution in [1.29, 1.82) is 5.26 Å². The van der Waals surface area contributed by atoms with Gasteiger partial charge in [0, 0.05) is 29.5 Å². The maximum absolute atomic E-state index is 12.5. The second-order valence-corrected chi connectivity index (χ2v) is 7.76. The number of carbonyl (C=O) groups excluding carboxylic acids is 3. The average Bonchev–Trinajstić information content (AvgIpc) is 3.46. The molecule has 0 aliphatic heterocycles. The van der Waals surface area contributed by atoms with Crippen molar-refractivity contribution in [2.75, 3.05) is 17.7 Å². The molecule has 0 spiro atoms. The summed E-state index contributed by atoms with van der Waals surface area (Å²) >= 11 is 0. The van der Waals surface area contributed by atoms with Gasteiger partial charge in [-0.25, -0.2) is 4.98 Å². The third kappa shape index (κ3) is 6.17. The van der Waals surface area contributed by atoms with Crippen molar-refractivity contribution in [2.24, 2.45) is 0 Å². The number of nitrogens with zero attached hydrogens (tertiary/aromatic N) is 2. The number of rotatable bonds is 7. The van der Waals surface area contributed by atoms with Gasteiger partial charge in [0.05, 0.1) is 30.5 Å². The Labute approximate surface area is 211 Å². The van der Waals surface area contributed by atoms with Gasteiger partial charge in [-0.15, -0.1) is 0 Å². The van der Waals surface area contributed by atoms with Gasteiger partial charge in [-0.2, -0.15) is 5.26 Å². The van der Waals surface area contributed by atoms with Crippen LogP contribution in [0.5, 0.6) is 5.75 Å². The van der Waals surface area contributed by atoms with Crippen LogP contribution in [0.15, 0.2) is 83.7 Å². The van der Waals surface area contributed by atoms with E-state index in [0.717, 1.165) is 0 Å². The highest BCUT2D eigenvalue weighted by molar-refractivity contribution is 6.43. The Balaban J connectivity index is 1.35. The predicted molar refractivity (Wildman–Crippen MR) is 135 cm³/mol. The van der Waals surface area contributed by atoms with E-state index in [1.54, 1.807) is 60.7 Å². The quantitative estimate of drug-likeness (QED) is 0.331. The predicted octanol–water partition coefficient (Wildman–Crippen LogP) is 3.73. The molecule has 10 heteroatoms. The Morgan fingerprint density at radius 1 is 0.973 bits per heavy atom. The summed E-state index contributed by atoms with van der Waals surface area (Å²) < 4.78 is 10.6. The van der Waals surface area contributed by atoms with Crippen molar-refractivity contribution >= 4 is 29.1 Å². The monoisotopic (exact) mass is 495 g/mol. The number of methoxy groups -OCH3 is 1. The van der Waals surface area contributed by atoms with Gasteiger partial charge in [-0.3, -0.25) is 14.4 Å². The van der Waals surface area contributed by atoms with Gasteiger partial charge in [-0.05, 0) is 48.0 Å². The molecular weight excluding hydrogens is 474 g/mol. The standard InChI is InChI=1S/C27H21N5O5/c1-36-23-12-21(8-9-22(23)24-15-29-16-37-24)32-27(35)26(34)31-20-7-3-5-18(11-20)14-30-25(33)19-6-2-4-17(10-19)13-28/h2-12,15-16H,14H2,1H3,(H,30,33)(H,31,34)(H,32,35). The van der Waals surface area contributed by atoms with Crippen molar-refractivity contribution in [3.8, 4) is 23.1 Å². The number of amides is 3. The molecule has 3 amide bonds. The second kappa shape index (κ2) is 11.3. The zero-order valence-corrected chi connectivity index (χ0v) is 19.6. The molecule has 1 aromatic heterocycles. The van der Waals surface area contributed by atoms with Crippen molar-refractivity contribution in [3.63, 3.8) is 0 Å². The van der Waals surface area contributed by atoms with Crippen molar-refractivity contribution < 1.29 is 23.5 Å². The van der Waals surface area contributed by atoms with Crippen LogP contribution >= 0.6 is 0 Å². The van der Waals surface area contributed by atoms with Gasteiger partial charge < -0.3 is 25.1 Å². The van der Waals surface area contributed by atoms with E-state index < -0.39 is 11.8 Å². The summed E-state index contributed by atoms with van der Waals surface area (Å²) in [7, 11) is 1.48. The lowest BCUT2D eigenvalue weighted by Gasteiger charge is -2.11. The minimum Gasteiger partial charge on any atom is -0.496 e. The summed E-state index contributed by atoms with van der Waals surface area (Å²) in [6.07, 6.45) is 2.83. The molecule has 0 aliphatic rings. The van der Waals surface area contributed by atoms with E-state index in [-0.39, 0.29) is 12.5 Å². The average molecular weight is 495 g/mol. The Morgan fingerprint density at radius 2 is 1.73 bits per heavy atom. The normalized spacial score (nSPS) is 10.2. The minimum absolute atomic E-state index is 0.183. The van der Waals surface area contributed by atoms with E-state index in [1.807, 2.05) is 6.07 Å². The molecule has 0 atom stereocenters. The topological polar surface area (TPSA) is 146 Å². The fraction of sp³-hybridized carbons (Fsp3) is 0.0741. The summed E-state index contributed by atoms with van der Waals surface area (Å²) in [6, 6.07) is 20.0. The van der Waals surface area contributed by atoms with Crippen molar-refractivity contribution in [1.82, 2.24) is 10.3 Å². The van der Waals surface area contributed by atoms with E-state index in [9.17, 15) is 14.4 Å². The van der Waals surface area contributed by atoms with Crippen LogP contribution < -0.4 is 20.7 Å². The number of anilines is 2. The summed E-state index contributed by atoms with van der Waals surface area (Å²) in [5.74, 6) is -1.14. The zero-order chi connectivity index (χ0) is 26.2. The second-order valence-electron chi connectivity index (χ2n) is 7.76. The number of oxazole rings is 1. The van der Waals surface area contributed by atoms with Crippen LogP contribution in [-0.4, -0.2) is 29.8 Å². The Kier molecular flexibility index (Phi) is 7.56. The van der Waals surface area contributed by atoms with E-state index in [1.165, 1.54) is 25.8 Å².